The number of methoxy groups -OCH3 is 2. The van der Waals surface area contributed by atoms with Crippen molar-refractivity contribution in [2.24, 2.45) is 5.41 Å². The highest BCUT2D eigenvalue weighted by Crippen LogP contribution is 2.57. The van der Waals surface area contributed by atoms with Gasteiger partial charge in [0.05, 0.1) is 37.8 Å². The summed E-state index contributed by atoms with van der Waals surface area (Å²) in [5.41, 5.74) is 0.801. The maximum atomic E-state index is 13.6. The van der Waals surface area contributed by atoms with Gasteiger partial charge in [-0.15, -0.1) is 0 Å². The molecular formula is C27H29NO7. The van der Waals surface area contributed by atoms with Gasteiger partial charge >= 0.3 is 11.9 Å². The molecule has 1 aliphatic carbocycles. The van der Waals surface area contributed by atoms with E-state index in [1.807, 2.05) is 6.07 Å². The van der Waals surface area contributed by atoms with Gasteiger partial charge in [-0.05, 0) is 56.0 Å². The molecule has 5 rings (SSSR count). The van der Waals surface area contributed by atoms with Gasteiger partial charge < -0.3 is 23.8 Å². The number of carbonyl (C=O) groups is 3. The van der Waals surface area contributed by atoms with E-state index < -0.39 is 29.4 Å². The third-order valence-electron chi connectivity index (χ3n) is 7.67. The maximum Gasteiger partial charge on any atom is 0.338 e. The number of rotatable bonds is 6. The highest BCUT2D eigenvalue weighted by molar-refractivity contribution is 6.00. The molecule has 2 aliphatic heterocycles. The summed E-state index contributed by atoms with van der Waals surface area (Å²) in [6, 6.07) is 11.8. The summed E-state index contributed by atoms with van der Waals surface area (Å²) in [5, 5.41) is 0. The fourth-order valence-corrected chi connectivity index (χ4v) is 6.12. The molecule has 1 saturated heterocycles. The number of amides is 1. The first kappa shape index (κ1) is 23.2. The summed E-state index contributed by atoms with van der Waals surface area (Å²) < 4.78 is 22.6. The van der Waals surface area contributed by atoms with E-state index in [1.54, 1.807) is 48.2 Å². The van der Waals surface area contributed by atoms with Crippen LogP contribution < -0.4 is 9.47 Å². The Balaban J connectivity index is 1.63. The summed E-state index contributed by atoms with van der Waals surface area (Å²) in [6.45, 7) is 2.48. The van der Waals surface area contributed by atoms with Gasteiger partial charge in [-0.1, -0.05) is 18.2 Å². The van der Waals surface area contributed by atoms with E-state index in [9.17, 15) is 14.4 Å². The summed E-state index contributed by atoms with van der Waals surface area (Å²) in [7, 11) is 3.06. The lowest BCUT2D eigenvalue weighted by Gasteiger charge is -2.50. The number of nitrogens with zero attached hydrogens (tertiary/aromatic N) is 1. The zero-order valence-electron chi connectivity index (χ0n) is 20.1. The predicted octanol–water partition coefficient (Wildman–Crippen LogP) is 3.58. The van der Waals surface area contributed by atoms with Crippen molar-refractivity contribution in [2.45, 2.75) is 44.2 Å². The molecule has 2 aromatic carbocycles. The van der Waals surface area contributed by atoms with Gasteiger partial charge in [0.2, 0.25) is 0 Å². The molecular weight excluding hydrogens is 450 g/mol. The van der Waals surface area contributed by atoms with Crippen LogP contribution in [-0.2, 0) is 14.3 Å². The molecule has 184 valence electrons. The lowest BCUT2D eigenvalue weighted by Crippen LogP contribution is -2.59. The Bertz CT molecular complexity index is 1160. The van der Waals surface area contributed by atoms with Crippen LogP contribution >= 0.6 is 0 Å². The first-order valence-corrected chi connectivity index (χ1v) is 11.9. The molecule has 0 bridgehead atoms. The van der Waals surface area contributed by atoms with E-state index in [0.717, 1.165) is 0 Å². The minimum Gasteiger partial charge on any atom is -0.493 e. The number of esters is 2. The smallest absolute Gasteiger partial charge is 0.338 e. The first-order chi connectivity index (χ1) is 16.9. The summed E-state index contributed by atoms with van der Waals surface area (Å²) in [4.78, 5) is 41.8. The molecule has 8 nitrogen and oxygen atoms in total. The minimum atomic E-state index is -0.836. The zero-order chi connectivity index (χ0) is 24.7. The third-order valence-corrected chi connectivity index (χ3v) is 7.67. The Kier molecular flexibility index (Phi) is 5.91. The molecule has 0 aromatic heterocycles. The van der Waals surface area contributed by atoms with Gasteiger partial charge in [0.25, 0.3) is 5.91 Å². The van der Waals surface area contributed by atoms with Crippen molar-refractivity contribution < 1.29 is 33.3 Å². The topological polar surface area (TPSA) is 91.4 Å². The van der Waals surface area contributed by atoms with Crippen LogP contribution in [0, 0.1) is 5.41 Å². The van der Waals surface area contributed by atoms with Crippen LogP contribution in [0.3, 0.4) is 0 Å². The van der Waals surface area contributed by atoms with E-state index in [4.69, 9.17) is 18.9 Å². The van der Waals surface area contributed by atoms with E-state index in [0.29, 0.717) is 54.0 Å². The highest BCUT2D eigenvalue weighted by atomic mass is 16.5. The quantitative estimate of drug-likeness (QED) is 0.585. The van der Waals surface area contributed by atoms with Gasteiger partial charge in [0.1, 0.15) is 6.10 Å². The van der Waals surface area contributed by atoms with Gasteiger partial charge in [-0.25, -0.2) is 4.79 Å². The van der Waals surface area contributed by atoms with Crippen molar-refractivity contribution in [3.8, 4) is 11.5 Å². The molecule has 3 aliphatic rings. The van der Waals surface area contributed by atoms with E-state index in [2.05, 4.69) is 0 Å². The first-order valence-electron chi connectivity index (χ1n) is 11.9. The molecule has 35 heavy (non-hydrogen) atoms. The molecule has 0 N–H and O–H groups in total. The Morgan fingerprint density at radius 3 is 2.46 bits per heavy atom. The molecule has 8 heteroatoms. The number of carbonyl (C=O) groups excluding carboxylic acids is 3. The Hall–Kier alpha value is -3.55. The normalized spacial score (nSPS) is 26.4. The molecule has 2 fully saturated rings. The van der Waals surface area contributed by atoms with Crippen LogP contribution in [0.2, 0.25) is 0 Å². The Morgan fingerprint density at radius 1 is 1.06 bits per heavy atom. The maximum absolute atomic E-state index is 13.6. The fourth-order valence-electron chi connectivity index (χ4n) is 6.12. The lowest BCUT2D eigenvalue weighted by molar-refractivity contribution is -0.161. The molecule has 0 spiro atoms. The Morgan fingerprint density at radius 2 is 1.77 bits per heavy atom. The van der Waals surface area contributed by atoms with Crippen molar-refractivity contribution >= 4 is 17.8 Å². The summed E-state index contributed by atoms with van der Waals surface area (Å²) in [5.74, 6) is -0.363. The van der Waals surface area contributed by atoms with Crippen LogP contribution in [0.1, 0.15) is 58.4 Å². The van der Waals surface area contributed by atoms with Crippen LogP contribution in [0.25, 0.3) is 0 Å². The molecule has 4 atom stereocenters. The average molecular weight is 480 g/mol. The minimum absolute atomic E-state index is 0.164. The number of hydrogen-bond donors (Lipinski definition) is 0. The second kappa shape index (κ2) is 8.91. The standard InChI is InChI=1S/C27H29NO7/c1-4-34-26(31)27-11-10-19(35-25(30)16-8-6-5-7-9-16)22-17-14-20(32-2)21(33-3)15-18(17)24(29)28(13-12-27)23(22)27/h5-9,14-15,19,22-23H,4,10-13H2,1-3H3/t19-,22+,23+,27-/m0/s1. The third kappa shape index (κ3) is 3.54. The number of benzene rings is 2. The highest BCUT2D eigenvalue weighted by Gasteiger charge is 2.64. The summed E-state index contributed by atoms with van der Waals surface area (Å²) in [6.07, 6.45) is 0.946. The van der Waals surface area contributed by atoms with Crippen molar-refractivity contribution in [3.05, 3.63) is 59.2 Å². The largest absolute Gasteiger partial charge is 0.493 e. The SMILES string of the molecule is CCOC(=O)[C@@]12CC[C@H](OC(=O)c3ccccc3)[C@H]3c4cc(OC)c(OC)cc4C(=O)N(CC1)[C@H]32. The molecule has 1 saturated carbocycles. The van der Waals surface area contributed by atoms with Crippen LogP contribution in [0.15, 0.2) is 42.5 Å². The van der Waals surface area contributed by atoms with Gasteiger partial charge in [0.15, 0.2) is 11.5 Å². The number of fused-ring (bicyclic) bond motifs is 2. The van der Waals surface area contributed by atoms with E-state index >= 15 is 0 Å². The molecule has 2 heterocycles. The van der Waals surface area contributed by atoms with Crippen LogP contribution in [0.5, 0.6) is 11.5 Å². The van der Waals surface area contributed by atoms with Gasteiger partial charge in [-0.3, -0.25) is 9.59 Å². The van der Waals surface area contributed by atoms with E-state index in [-0.39, 0.29) is 18.5 Å². The van der Waals surface area contributed by atoms with E-state index in [1.165, 1.54) is 14.2 Å². The number of hydrogen-bond acceptors (Lipinski definition) is 7. The number of ether oxygens (including phenoxy) is 4. The molecule has 2 aromatic rings. The zero-order valence-corrected chi connectivity index (χ0v) is 20.1. The van der Waals surface area contributed by atoms with Crippen LogP contribution in [-0.4, -0.2) is 62.3 Å². The second-order valence-corrected chi connectivity index (χ2v) is 9.24. The molecule has 1 amide bonds. The van der Waals surface area contributed by atoms with Gasteiger partial charge in [-0.2, -0.15) is 0 Å². The average Bonchev–Trinajstić information content (AvgIpc) is 3.29. The lowest BCUT2D eigenvalue weighted by atomic mass is 9.61. The van der Waals surface area contributed by atoms with Crippen LogP contribution in [0.4, 0.5) is 0 Å². The van der Waals surface area contributed by atoms with Gasteiger partial charge in [0, 0.05) is 18.0 Å². The van der Waals surface area contributed by atoms with Crippen molar-refractivity contribution in [1.29, 1.82) is 0 Å². The molecule has 0 radical (unpaired) electrons. The predicted molar refractivity (Wildman–Crippen MR) is 126 cm³/mol. The fraction of sp³-hybridized carbons (Fsp3) is 0.444. The van der Waals surface area contributed by atoms with Crippen molar-refractivity contribution in [3.63, 3.8) is 0 Å². The van der Waals surface area contributed by atoms with Crippen molar-refractivity contribution in [1.82, 2.24) is 4.90 Å². The van der Waals surface area contributed by atoms with Crippen molar-refractivity contribution in [2.75, 3.05) is 27.4 Å². The molecule has 0 unspecified atom stereocenters. The Labute approximate surface area is 204 Å². The monoisotopic (exact) mass is 479 g/mol. The second-order valence-electron chi connectivity index (χ2n) is 9.24. The summed E-state index contributed by atoms with van der Waals surface area (Å²) >= 11 is 0.